The topological polar surface area (TPSA) is 92.2 Å². The summed E-state index contributed by atoms with van der Waals surface area (Å²) >= 11 is 0. The zero-order chi connectivity index (χ0) is 22.2. The van der Waals surface area contributed by atoms with E-state index in [1.165, 1.54) is 16.6 Å². The van der Waals surface area contributed by atoms with E-state index in [4.69, 9.17) is 0 Å². The van der Waals surface area contributed by atoms with E-state index in [2.05, 4.69) is 20.6 Å². The van der Waals surface area contributed by atoms with Crippen LogP contribution in [0.25, 0.3) is 27.8 Å². The van der Waals surface area contributed by atoms with Crippen LogP contribution >= 0.6 is 0 Å². The maximum absolute atomic E-state index is 13.7. The first-order valence-electron chi connectivity index (χ1n) is 10.0. The Morgan fingerprint density at radius 3 is 2.66 bits per heavy atom. The minimum atomic E-state index is -0.455. The number of fused-ring (bicyclic) bond motifs is 3. The predicted octanol–water partition coefficient (Wildman–Crippen LogP) is 3.87. The summed E-state index contributed by atoms with van der Waals surface area (Å²) in [4.78, 5) is 29.6. The lowest BCUT2D eigenvalue weighted by atomic mass is 10.1. The van der Waals surface area contributed by atoms with Gasteiger partial charge in [0.25, 0.3) is 11.5 Å². The van der Waals surface area contributed by atoms with Crippen molar-refractivity contribution >= 4 is 22.5 Å². The minimum absolute atomic E-state index is 0.189. The van der Waals surface area contributed by atoms with Crippen LogP contribution in [0.3, 0.4) is 0 Å². The fourth-order valence-electron chi connectivity index (χ4n) is 3.70. The van der Waals surface area contributed by atoms with Crippen molar-refractivity contribution in [3.63, 3.8) is 0 Å². The van der Waals surface area contributed by atoms with Gasteiger partial charge in [0.05, 0.1) is 16.9 Å². The molecule has 1 amide bonds. The number of rotatable bonds is 4. The molecule has 2 N–H and O–H groups in total. The first-order chi connectivity index (χ1) is 15.5. The average Bonchev–Trinajstić information content (AvgIpc) is 3.23. The number of aromatic amines is 1. The Bertz CT molecular complexity index is 1520. The molecule has 5 rings (SSSR count). The molecule has 0 bridgehead atoms. The molecule has 0 fully saturated rings. The lowest BCUT2D eigenvalue weighted by Crippen LogP contribution is -2.26. The molecule has 0 aliphatic rings. The first-order valence-corrected chi connectivity index (χ1v) is 10.0. The predicted molar refractivity (Wildman–Crippen MR) is 119 cm³/mol. The van der Waals surface area contributed by atoms with Gasteiger partial charge < -0.3 is 5.32 Å². The first kappa shape index (κ1) is 19.6. The molecular weight excluding hydrogens is 409 g/mol. The largest absolute Gasteiger partial charge is 0.346 e. The quantitative estimate of drug-likeness (QED) is 0.456. The Morgan fingerprint density at radius 1 is 1.06 bits per heavy atom. The minimum Gasteiger partial charge on any atom is -0.346 e. The lowest BCUT2D eigenvalue weighted by molar-refractivity contribution is 0.0940. The van der Waals surface area contributed by atoms with Crippen LogP contribution in [0.4, 0.5) is 4.39 Å². The highest BCUT2D eigenvalue weighted by Gasteiger charge is 2.17. The second-order valence-corrected chi connectivity index (χ2v) is 7.48. The van der Waals surface area contributed by atoms with Crippen LogP contribution in [0, 0.1) is 5.82 Å². The number of halogens is 1. The van der Waals surface area contributed by atoms with Crippen molar-refractivity contribution in [3.05, 3.63) is 100 Å². The van der Waals surface area contributed by atoms with Crippen molar-refractivity contribution in [2.45, 2.75) is 13.0 Å². The summed E-state index contributed by atoms with van der Waals surface area (Å²) in [6.07, 6.45) is 0. The van der Waals surface area contributed by atoms with E-state index < -0.39 is 11.4 Å². The molecule has 0 unspecified atom stereocenters. The number of carbonyl (C=O) groups excluding carboxylic acids is 1. The van der Waals surface area contributed by atoms with Gasteiger partial charge in [-0.1, -0.05) is 42.5 Å². The van der Waals surface area contributed by atoms with Gasteiger partial charge in [-0.2, -0.15) is 10.1 Å². The van der Waals surface area contributed by atoms with Crippen LogP contribution in [0.15, 0.2) is 77.6 Å². The zero-order valence-electron chi connectivity index (χ0n) is 17.0. The molecule has 8 heteroatoms. The Hall–Kier alpha value is -4.33. The van der Waals surface area contributed by atoms with Crippen LogP contribution < -0.4 is 10.9 Å². The molecular formula is C24H18FN5O2. The summed E-state index contributed by atoms with van der Waals surface area (Å²) in [7, 11) is 0. The molecule has 2 heterocycles. The Morgan fingerprint density at radius 2 is 1.88 bits per heavy atom. The average molecular weight is 427 g/mol. The Labute approximate surface area is 181 Å². The highest BCUT2D eigenvalue weighted by atomic mass is 19.1. The number of nitrogens with zero attached hydrogens (tertiary/aromatic N) is 3. The van der Waals surface area contributed by atoms with Crippen molar-refractivity contribution in [2.24, 2.45) is 0 Å². The molecule has 0 saturated heterocycles. The highest BCUT2D eigenvalue weighted by molar-refractivity contribution is 5.98. The fourth-order valence-corrected chi connectivity index (χ4v) is 3.70. The van der Waals surface area contributed by atoms with E-state index in [1.54, 1.807) is 30.3 Å². The zero-order valence-corrected chi connectivity index (χ0v) is 17.0. The number of nitrogens with one attached hydrogen (secondary N) is 2. The van der Waals surface area contributed by atoms with Gasteiger partial charge in [-0.25, -0.2) is 14.1 Å². The Balaban J connectivity index is 1.57. The molecule has 0 aliphatic heterocycles. The maximum Gasteiger partial charge on any atom is 0.281 e. The van der Waals surface area contributed by atoms with E-state index >= 15 is 0 Å². The number of amides is 1. The third kappa shape index (κ3) is 3.41. The second kappa shape index (κ2) is 7.73. The van der Waals surface area contributed by atoms with Crippen LogP contribution in [0.2, 0.25) is 0 Å². The van der Waals surface area contributed by atoms with E-state index in [9.17, 15) is 14.0 Å². The van der Waals surface area contributed by atoms with E-state index in [0.717, 1.165) is 5.56 Å². The van der Waals surface area contributed by atoms with Crippen molar-refractivity contribution in [1.82, 2.24) is 25.1 Å². The van der Waals surface area contributed by atoms with Gasteiger partial charge in [0.1, 0.15) is 11.5 Å². The molecule has 7 nitrogen and oxygen atoms in total. The van der Waals surface area contributed by atoms with Crippen LogP contribution in [-0.4, -0.2) is 25.7 Å². The molecule has 1 atom stereocenters. The van der Waals surface area contributed by atoms with Gasteiger partial charge in [0.15, 0.2) is 5.65 Å². The molecule has 0 aliphatic carbocycles. The smallest absolute Gasteiger partial charge is 0.281 e. The highest BCUT2D eigenvalue weighted by Crippen LogP contribution is 2.23. The number of hydrogen-bond acceptors (Lipinski definition) is 4. The molecule has 5 aromatic rings. The lowest BCUT2D eigenvalue weighted by Gasteiger charge is -2.14. The third-order valence-corrected chi connectivity index (χ3v) is 5.37. The summed E-state index contributed by atoms with van der Waals surface area (Å²) in [5, 5.41) is 10.4. The van der Waals surface area contributed by atoms with Gasteiger partial charge in [0, 0.05) is 11.1 Å². The van der Waals surface area contributed by atoms with E-state index in [1.807, 2.05) is 37.3 Å². The van der Waals surface area contributed by atoms with Gasteiger partial charge in [-0.15, -0.1) is 0 Å². The van der Waals surface area contributed by atoms with E-state index in [0.29, 0.717) is 27.7 Å². The summed E-state index contributed by atoms with van der Waals surface area (Å²) in [6.45, 7) is 1.90. The van der Waals surface area contributed by atoms with Gasteiger partial charge >= 0.3 is 0 Å². The number of carbonyl (C=O) groups is 1. The summed E-state index contributed by atoms with van der Waals surface area (Å²) < 4.78 is 15.2. The normalized spacial score (nSPS) is 12.2. The summed E-state index contributed by atoms with van der Waals surface area (Å²) in [6, 6.07) is 20.1. The van der Waals surface area contributed by atoms with E-state index in [-0.39, 0.29) is 17.6 Å². The molecule has 158 valence electrons. The molecule has 0 radical (unpaired) electrons. The summed E-state index contributed by atoms with van der Waals surface area (Å²) in [5.41, 5.74) is 2.46. The van der Waals surface area contributed by atoms with Crippen LogP contribution in [0.5, 0.6) is 0 Å². The maximum atomic E-state index is 13.7. The molecule has 0 saturated carbocycles. The van der Waals surface area contributed by atoms with Gasteiger partial charge in [0.2, 0.25) is 0 Å². The molecule has 0 spiro atoms. The van der Waals surface area contributed by atoms with Crippen LogP contribution in [0.1, 0.15) is 28.9 Å². The number of benzene rings is 3. The third-order valence-electron chi connectivity index (χ3n) is 5.37. The number of aromatic nitrogens is 4. The number of H-pyrrole nitrogens is 1. The molecule has 32 heavy (non-hydrogen) atoms. The van der Waals surface area contributed by atoms with Crippen LogP contribution in [-0.2, 0) is 0 Å². The Kier molecular flexibility index (Phi) is 4.74. The summed E-state index contributed by atoms with van der Waals surface area (Å²) in [5.74, 6) is -0.690. The van der Waals surface area contributed by atoms with Crippen molar-refractivity contribution < 1.29 is 9.18 Å². The second-order valence-electron chi connectivity index (χ2n) is 7.48. The van der Waals surface area contributed by atoms with Crippen molar-refractivity contribution in [1.29, 1.82) is 0 Å². The molecule has 3 aromatic carbocycles. The standard InChI is InChI=1S/C24H18FN5O2/c1-14(15-6-3-2-4-7-15)26-23(31)17-10-11-19-20(13-17)30-22(27-24(19)32)21(28-29-30)16-8-5-9-18(25)12-16/h2-14,29H,1H3,(H,26,31)/t14-/m1/s1. The monoisotopic (exact) mass is 427 g/mol. The molecule has 2 aromatic heterocycles. The van der Waals surface area contributed by atoms with Gasteiger partial charge in [-0.05, 0) is 42.8 Å². The van der Waals surface area contributed by atoms with Crippen molar-refractivity contribution in [2.75, 3.05) is 0 Å². The van der Waals surface area contributed by atoms with Crippen molar-refractivity contribution in [3.8, 4) is 11.3 Å². The number of hydrogen-bond donors (Lipinski definition) is 2. The fraction of sp³-hybridized carbons (Fsp3) is 0.0833. The van der Waals surface area contributed by atoms with Gasteiger partial charge in [-0.3, -0.25) is 9.59 Å². The SMILES string of the molecule is C[C@@H](NC(=O)c1ccc2c(=O)nc3c(-c4cccc(F)c4)n[nH]n3c2c1)c1ccccc1.